The smallest absolute Gasteiger partial charge is 0.275 e. The Bertz CT molecular complexity index is 458. The molecule has 1 fully saturated rings. The highest BCUT2D eigenvalue weighted by Gasteiger charge is 2.17. The van der Waals surface area contributed by atoms with E-state index in [-0.39, 0.29) is 11.8 Å². The van der Waals surface area contributed by atoms with Gasteiger partial charge in [-0.15, -0.1) is 11.3 Å². The fourth-order valence-electron chi connectivity index (χ4n) is 2.23. The van der Waals surface area contributed by atoms with Gasteiger partial charge in [0, 0.05) is 17.8 Å². The number of nitrogens with one attached hydrogen (secondary N) is 1. The highest BCUT2D eigenvalue weighted by Crippen LogP contribution is 2.20. The van der Waals surface area contributed by atoms with Crippen LogP contribution in [0.15, 0.2) is 12.1 Å². The lowest BCUT2D eigenvalue weighted by molar-refractivity contribution is -0.132. The Morgan fingerprint density at radius 1 is 1.32 bits per heavy atom. The van der Waals surface area contributed by atoms with E-state index in [4.69, 9.17) is 5.84 Å². The van der Waals surface area contributed by atoms with E-state index in [0.29, 0.717) is 17.8 Å². The van der Waals surface area contributed by atoms with Crippen LogP contribution in [-0.2, 0) is 11.3 Å². The van der Waals surface area contributed by atoms with Gasteiger partial charge in [-0.25, -0.2) is 5.84 Å². The van der Waals surface area contributed by atoms with Gasteiger partial charge in [0.2, 0.25) is 5.91 Å². The molecule has 1 aliphatic heterocycles. The molecule has 0 saturated carbocycles. The van der Waals surface area contributed by atoms with Crippen molar-refractivity contribution in [3.63, 3.8) is 0 Å². The number of hydrazine groups is 1. The molecule has 19 heavy (non-hydrogen) atoms. The highest BCUT2D eigenvalue weighted by atomic mass is 32.1. The third-order valence-corrected chi connectivity index (χ3v) is 4.35. The van der Waals surface area contributed by atoms with Gasteiger partial charge < -0.3 is 4.90 Å². The van der Waals surface area contributed by atoms with Crippen LogP contribution >= 0.6 is 11.3 Å². The molecule has 0 bridgehead atoms. The number of thiophene rings is 1. The number of likely N-dealkylation sites (tertiary alicyclic amines) is 1. The maximum Gasteiger partial charge on any atom is 0.275 e. The summed E-state index contributed by atoms with van der Waals surface area (Å²) < 4.78 is 0. The van der Waals surface area contributed by atoms with Crippen molar-refractivity contribution in [2.45, 2.75) is 38.6 Å². The summed E-state index contributed by atoms with van der Waals surface area (Å²) in [6.07, 6.45) is 5.03. The maximum atomic E-state index is 12.0. The van der Waals surface area contributed by atoms with E-state index in [1.54, 1.807) is 6.07 Å². The molecule has 1 aliphatic rings. The van der Waals surface area contributed by atoms with Gasteiger partial charge in [0.25, 0.3) is 5.91 Å². The number of rotatable bonds is 3. The molecule has 1 aromatic heterocycles. The van der Waals surface area contributed by atoms with E-state index in [0.717, 1.165) is 30.7 Å². The largest absolute Gasteiger partial charge is 0.338 e. The molecule has 104 valence electrons. The van der Waals surface area contributed by atoms with Gasteiger partial charge >= 0.3 is 0 Å². The second-order valence-corrected chi connectivity index (χ2v) is 5.89. The van der Waals surface area contributed by atoms with Gasteiger partial charge in [0.15, 0.2) is 0 Å². The first-order chi connectivity index (χ1) is 9.20. The summed E-state index contributed by atoms with van der Waals surface area (Å²) in [5.74, 6) is 5.04. The Kier molecular flexibility index (Phi) is 4.93. The number of amides is 2. The van der Waals surface area contributed by atoms with E-state index in [1.807, 2.05) is 11.0 Å². The Morgan fingerprint density at radius 3 is 2.89 bits per heavy atom. The lowest BCUT2D eigenvalue weighted by atomic mass is 10.1. The van der Waals surface area contributed by atoms with Crippen molar-refractivity contribution >= 4 is 23.2 Å². The minimum Gasteiger partial charge on any atom is -0.338 e. The van der Waals surface area contributed by atoms with Crippen LogP contribution in [-0.4, -0.2) is 23.3 Å². The molecule has 0 spiro atoms. The van der Waals surface area contributed by atoms with Crippen molar-refractivity contribution in [3.05, 3.63) is 21.9 Å². The lowest BCUT2D eigenvalue weighted by Crippen LogP contribution is -2.32. The number of hydrogen-bond donors (Lipinski definition) is 2. The molecule has 0 unspecified atom stereocenters. The molecule has 1 saturated heterocycles. The Balaban J connectivity index is 2.00. The molecule has 6 heteroatoms. The molecule has 0 aliphatic carbocycles. The highest BCUT2D eigenvalue weighted by molar-refractivity contribution is 7.14. The molecule has 1 aromatic rings. The second-order valence-electron chi connectivity index (χ2n) is 4.72. The van der Waals surface area contributed by atoms with E-state index in [1.165, 1.54) is 17.8 Å². The standard InChI is InChI=1S/C13H19N3O2S/c14-15-13(18)11-7-6-10(19-11)9-16-8-4-2-1-3-5-12(16)17/h6-7H,1-5,8-9,14H2,(H,15,18). The van der Waals surface area contributed by atoms with Crippen molar-refractivity contribution in [2.24, 2.45) is 5.84 Å². The lowest BCUT2D eigenvalue weighted by Gasteiger charge is -2.24. The van der Waals surface area contributed by atoms with Crippen molar-refractivity contribution in [1.82, 2.24) is 10.3 Å². The van der Waals surface area contributed by atoms with Crippen molar-refractivity contribution < 1.29 is 9.59 Å². The number of carbonyl (C=O) groups is 2. The average Bonchev–Trinajstić information content (AvgIpc) is 2.86. The van der Waals surface area contributed by atoms with Crippen molar-refractivity contribution in [2.75, 3.05) is 6.54 Å². The van der Waals surface area contributed by atoms with Crippen LogP contribution in [0, 0.1) is 0 Å². The van der Waals surface area contributed by atoms with Gasteiger partial charge in [0.1, 0.15) is 0 Å². The van der Waals surface area contributed by atoms with Crippen molar-refractivity contribution in [3.8, 4) is 0 Å². The predicted octanol–water partition coefficient (Wildman–Crippen LogP) is 1.64. The van der Waals surface area contributed by atoms with Crippen LogP contribution in [0.5, 0.6) is 0 Å². The number of nitrogens with zero attached hydrogens (tertiary/aromatic N) is 1. The van der Waals surface area contributed by atoms with E-state index >= 15 is 0 Å². The van der Waals surface area contributed by atoms with Gasteiger partial charge in [-0.3, -0.25) is 15.0 Å². The minimum atomic E-state index is -0.282. The van der Waals surface area contributed by atoms with Crippen LogP contribution in [0.2, 0.25) is 0 Å². The maximum absolute atomic E-state index is 12.0. The fraction of sp³-hybridized carbons (Fsp3) is 0.538. The van der Waals surface area contributed by atoms with Crippen molar-refractivity contribution in [1.29, 1.82) is 0 Å². The third kappa shape index (κ3) is 3.78. The Hall–Kier alpha value is -1.40. The summed E-state index contributed by atoms with van der Waals surface area (Å²) >= 11 is 1.39. The van der Waals surface area contributed by atoms with Crippen LogP contribution < -0.4 is 11.3 Å². The van der Waals surface area contributed by atoms with Gasteiger partial charge in [-0.1, -0.05) is 12.8 Å². The first-order valence-electron chi connectivity index (χ1n) is 6.58. The van der Waals surface area contributed by atoms with E-state index in [9.17, 15) is 9.59 Å². The first kappa shape index (κ1) is 14.0. The fourth-order valence-corrected chi connectivity index (χ4v) is 3.15. The summed E-state index contributed by atoms with van der Waals surface area (Å²) in [6.45, 7) is 1.41. The van der Waals surface area contributed by atoms with Gasteiger partial charge in [0.05, 0.1) is 11.4 Å². The summed E-state index contributed by atoms with van der Waals surface area (Å²) in [6, 6.07) is 3.64. The van der Waals surface area contributed by atoms with Crippen LogP contribution in [0.25, 0.3) is 0 Å². The third-order valence-electron chi connectivity index (χ3n) is 3.28. The molecule has 2 amide bonds. The quantitative estimate of drug-likeness (QED) is 0.502. The number of hydrogen-bond acceptors (Lipinski definition) is 4. The number of nitrogens with two attached hydrogens (primary N) is 1. The van der Waals surface area contributed by atoms with Gasteiger partial charge in [-0.05, 0) is 25.0 Å². The molecule has 0 aromatic carbocycles. The molecule has 0 radical (unpaired) electrons. The monoisotopic (exact) mass is 281 g/mol. The number of carbonyl (C=O) groups excluding carboxylic acids is 2. The van der Waals surface area contributed by atoms with Gasteiger partial charge in [-0.2, -0.15) is 0 Å². The molecule has 0 atom stereocenters. The topological polar surface area (TPSA) is 75.4 Å². The van der Waals surface area contributed by atoms with E-state index < -0.39 is 0 Å². The van der Waals surface area contributed by atoms with Crippen LogP contribution in [0.1, 0.15) is 46.7 Å². The normalized spacial score (nSPS) is 16.9. The summed E-state index contributed by atoms with van der Waals surface area (Å²) in [7, 11) is 0. The molecular formula is C13H19N3O2S. The predicted molar refractivity (Wildman–Crippen MR) is 74.5 cm³/mol. The molecule has 5 nitrogen and oxygen atoms in total. The minimum absolute atomic E-state index is 0.220. The molecule has 3 N–H and O–H groups in total. The second kappa shape index (κ2) is 6.68. The summed E-state index contributed by atoms with van der Waals surface area (Å²) in [5.41, 5.74) is 2.12. The number of nitrogen functional groups attached to an aromatic ring is 1. The van der Waals surface area contributed by atoms with Crippen LogP contribution in [0.4, 0.5) is 0 Å². The molecule has 2 rings (SSSR count). The zero-order valence-electron chi connectivity index (χ0n) is 10.9. The zero-order chi connectivity index (χ0) is 13.7. The summed E-state index contributed by atoms with van der Waals surface area (Å²) in [4.78, 5) is 26.9. The zero-order valence-corrected chi connectivity index (χ0v) is 11.7. The first-order valence-corrected chi connectivity index (χ1v) is 7.40. The SMILES string of the molecule is NNC(=O)c1ccc(CN2CCCCCCC2=O)s1. The van der Waals surface area contributed by atoms with Crippen LogP contribution in [0.3, 0.4) is 0 Å². The Morgan fingerprint density at radius 2 is 2.11 bits per heavy atom. The average molecular weight is 281 g/mol. The van der Waals surface area contributed by atoms with E-state index in [2.05, 4.69) is 5.43 Å². The molecular weight excluding hydrogens is 262 g/mol. The Labute approximate surface area is 116 Å². The summed E-state index contributed by atoms with van der Waals surface area (Å²) in [5, 5.41) is 0. The molecule has 2 heterocycles.